The van der Waals surface area contributed by atoms with Crippen molar-refractivity contribution in [1.82, 2.24) is 14.7 Å². The van der Waals surface area contributed by atoms with E-state index in [2.05, 4.69) is 23.1 Å². The van der Waals surface area contributed by atoms with Gasteiger partial charge in [0.05, 0.1) is 12.3 Å². The Morgan fingerprint density at radius 1 is 1.43 bits per heavy atom. The maximum atomic E-state index is 5.75. The van der Waals surface area contributed by atoms with Crippen LogP contribution in [0.3, 0.4) is 0 Å². The molecule has 1 aliphatic heterocycles. The van der Waals surface area contributed by atoms with Crippen molar-refractivity contribution in [3.05, 3.63) is 18.0 Å². The molecule has 5 nitrogen and oxygen atoms in total. The molecule has 0 amide bonds. The Morgan fingerprint density at radius 3 is 2.86 bits per heavy atom. The van der Waals surface area contributed by atoms with E-state index >= 15 is 0 Å². The minimum atomic E-state index is -0.189. The van der Waals surface area contributed by atoms with Gasteiger partial charge in [-0.2, -0.15) is 5.10 Å². The molecule has 2 aliphatic rings. The van der Waals surface area contributed by atoms with Crippen molar-refractivity contribution in [3.8, 4) is 0 Å². The van der Waals surface area contributed by atoms with Crippen LogP contribution in [0.15, 0.2) is 12.4 Å². The summed E-state index contributed by atoms with van der Waals surface area (Å²) >= 11 is 0. The average molecular weight is 293 g/mol. The maximum absolute atomic E-state index is 5.75. The SMILES string of the molecule is CO[C@@H]1CCN(C[C@@H]2C[C@H]2c2cnn(C)c2)C[C@]1(C)OC. The standard InChI is InChI=1S/C16H27N3O2/c1-16(21-4)11-19(6-5-15(16)20-3)10-12-7-14(12)13-8-17-18(2)9-13/h8-9,12,14-15H,5-7,10-11H2,1-4H3/t12-,14+,15+,16-/m0/s1. The lowest BCUT2D eigenvalue weighted by molar-refractivity contribution is -0.144. The highest BCUT2D eigenvalue weighted by Crippen LogP contribution is 2.48. The first-order valence-electron chi connectivity index (χ1n) is 7.84. The fraction of sp³-hybridized carbons (Fsp3) is 0.812. The number of rotatable bonds is 5. The number of likely N-dealkylation sites (tertiary alicyclic amines) is 1. The van der Waals surface area contributed by atoms with E-state index in [9.17, 15) is 0 Å². The molecule has 1 aromatic rings. The van der Waals surface area contributed by atoms with Crippen molar-refractivity contribution in [2.24, 2.45) is 13.0 Å². The van der Waals surface area contributed by atoms with E-state index in [1.807, 2.05) is 17.9 Å². The third-order valence-electron chi connectivity index (χ3n) is 5.25. The first kappa shape index (κ1) is 15.0. The fourth-order valence-electron chi connectivity index (χ4n) is 3.77. The van der Waals surface area contributed by atoms with Gasteiger partial charge in [0.2, 0.25) is 0 Å². The van der Waals surface area contributed by atoms with Crippen LogP contribution in [0, 0.1) is 5.92 Å². The third-order valence-corrected chi connectivity index (χ3v) is 5.25. The van der Waals surface area contributed by atoms with Crippen LogP contribution in [-0.2, 0) is 16.5 Å². The molecule has 0 spiro atoms. The largest absolute Gasteiger partial charge is 0.378 e. The van der Waals surface area contributed by atoms with Crippen molar-refractivity contribution in [2.45, 2.75) is 37.4 Å². The van der Waals surface area contributed by atoms with E-state index in [1.165, 1.54) is 12.0 Å². The predicted octanol–water partition coefficient (Wildman–Crippen LogP) is 1.65. The summed E-state index contributed by atoms with van der Waals surface area (Å²) < 4.78 is 13.2. The molecule has 1 aliphatic carbocycles. The topological polar surface area (TPSA) is 39.5 Å². The monoisotopic (exact) mass is 293 g/mol. The predicted molar refractivity (Wildman–Crippen MR) is 81.3 cm³/mol. The fourth-order valence-corrected chi connectivity index (χ4v) is 3.77. The van der Waals surface area contributed by atoms with Gasteiger partial charge in [-0.25, -0.2) is 0 Å². The first-order chi connectivity index (χ1) is 10.1. The molecule has 1 aromatic heterocycles. The molecule has 0 unspecified atom stereocenters. The highest BCUT2D eigenvalue weighted by Gasteiger charge is 2.44. The summed E-state index contributed by atoms with van der Waals surface area (Å²) in [6.07, 6.45) is 6.71. The van der Waals surface area contributed by atoms with E-state index in [0.717, 1.165) is 32.0 Å². The highest BCUT2D eigenvalue weighted by atomic mass is 16.5. The van der Waals surface area contributed by atoms with Crippen molar-refractivity contribution in [1.29, 1.82) is 0 Å². The van der Waals surface area contributed by atoms with Crippen LogP contribution in [0.4, 0.5) is 0 Å². The van der Waals surface area contributed by atoms with Crippen molar-refractivity contribution < 1.29 is 9.47 Å². The number of hydrogen-bond donors (Lipinski definition) is 0. The van der Waals surface area contributed by atoms with Crippen molar-refractivity contribution in [3.63, 3.8) is 0 Å². The molecule has 3 rings (SSSR count). The Hall–Kier alpha value is -0.910. The van der Waals surface area contributed by atoms with Crippen molar-refractivity contribution in [2.75, 3.05) is 33.9 Å². The Bertz CT molecular complexity index is 490. The highest BCUT2D eigenvalue weighted by molar-refractivity contribution is 5.20. The average Bonchev–Trinajstić information content (AvgIpc) is 3.09. The zero-order valence-corrected chi connectivity index (χ0v) is 13.6. The third kappa shape index (κ3) is 3.00. The van der Waals surface area contributed by atoms with Gasteiger partial charge in [0.15, 0.2) is 0 Å². The summed E-state index contributed by atoms with van der Waals surface area (Å²) in [5, 5.41) is 4.28. The molecule has 0 radical (unpaired) electrons. The number of hydrogen-bond acceptors (Lipinski definition) is 4. The van der Waals surface area contributed by atoms with Crippen LogP contribution in [-0.4, -0.2) is 60.2 Å². The summed E-state index contributed by atoms with van der Waals surface area (Å²) in [7, 11) is 5.57. The lowest BCUT2D eigenvalue weighted by Gasteiger charge is -2.44. The molecule has 1 saturated heterocycles. The van der Waals surface area contributed by atoms with Gasteiger partial charge in [-0.15, -0.1) is 0 Å². The summed E-state index contributed by atoms with van der Waals surface area (Å²) in [4.78, 5) is 2.54. The number of ether oxygens (including phenoxy) is 2. The molecule has 2 heterocycles. The van der Waals surface area contributed by atoms with E-state index < -0.39 is 0 Å². The van der Waals surface area contributed by atoms with Gasteiger partial charge in [-0.1, -0.05) is 0 Å². The second-order valence-corrected chi connectivity index (χ2v) is 6.81. The molecule has 118 valence electrons. The Balaban J connectivity index is 1.55. The molecule has 2 fully saturated rings. The zero-order valence-electron chi connectivity index (χ0n) is 13.6. The quantitative estimate of drug-likeness (QED) is 0.827. The summed E-state index contributed by atoms with van der Waals surface area (Å²) in [5.41, 5.74) is 1.20. The normalized spacial score (nSPS) is 36.9. The number of methoxy groups -OCH3 is 2. The minimum absolute atomic E-state index is 0.189. The lowest BCUT2D eigenvalue weighted by atomic mass is 9.91. The lowest BCUT2D eigenvalue weighted by Crippen LogP contribution is -2.57. The Kier molecular flexibility index (Phi) is 4.08. The second-order valence-electron chi connectivity index (χ2n) is 6.81. The molecule has 5 heteroatoms. The molecule has 4 atom stereocenters. The van der Waals surface area contributed by atoms with Crippen LogP contribution in [0.25, 0.3) is 0 Å². The van der Waals surface area contributed by atoms with Gasteiger partial charge in [-0.05, 0) is 37.2 Å². The number of aromatic nitrogens is 2. The number of piperidine rings is 1. The van der Waals surface area contributed by atoms with Crippen LogP contribution in [0.1, 0.15) is 31.2 Å². The smallest absolute Gasteiger partial charge is 0.104 e. The van der Waals surface area contributed by atoms with Gasteiger partial charge in [-0.3, -0.25) is 9.58 Å². The molecule has 1 saturated carbocycles. The van der Waals surface area contributed by atoms with Crippen LogP contribution >= 0.6 is 0 Å². The molecule has 21 heavy (non-hydrogen) atoms. The molecular formula is C16H27N3O2. The second kappa shape index (κ2) is 5.71. The summed E-state index contributed by atoms with van der Waals surface area (Å²) in [5.74, 6) is 1.47. The first-order valence-corrected chi connectivity index (χ1v) is 7.84. The van der Waals surface area contributed by atoms with Gasteiger partial charge in [0.25, 0.3) is 0 Å². The molecular weight excluding hydrogens is 266 g/mol. The van der Waals surface area contributed by atoms with Gasteiger partial charge < -0.3 is 9.47 Å². The molecule has 0 N–H and O–H groups in total. The van der Waals surface area contributed by atoms with Gasteiger partial charge in [0, 0.05) is 47.1 Å². The summed E-state index contributed by atoms with van der Waals surface area (Å²) in [6, 6.07) is 0. The minimum Gasteiger partial charge on any atom is -0.378 e. The maximum Gasteiger partial charge on any atom is 0.104 e. The van der Waals surface area contributed by atoms with E-state index in [4.69, 9.17) is 9.47 Å². The van der Waals surface area contributed by atoms with Crippen molar-refractivity contribution >= 4 is 0 Å². The van der Waals surface area contributed by atoms with Crippen LogP contribution < -0.4 is 0 Å². The zero-order chi connectivity index (χ0) is 15.0. The van der Waals surface area contributed by atoms with Gasteiger partial charge >= 0.3 is 0 Å². The molecule has 0 aromatic carbocycles. The number of aryl methyl sites for hydroxylation is 1. The van der Waals surface area contributed by atoms with E-state index in [1.54, 1.807) is 14.2 Å². The van der Waals surface area contributed by atoms with E-state index in [0.29, 0.717) is 5.92 Å². The molecule has 0 bridgehead atoms. The number of nitrogens with zero attached hydrogens (tertiary/aromatic N) is 3. The Labute approximate surface area is 127 Å². The van der Waals surface area contributed by atoms with Crippen LogP contribution in [0.2, 0.25) is 0 Å². The van der Waals surface area contributed by atoms with E-state index in [-0.39, 0.29) is 11.7 Å². The Morgan fingerprint density at radius 2 is 2.24 bits per heavy atom. The summed E-state index contributed by atoms with van der Waals surface area (Å²) in [6.45, 7) is 5.39. The van der Waals surface area contributed by atoms with Gasteiger partial charge in [0.1, 0.15) is 5.60 Å². The van der Waals surface area contributed by atoms with Crippen LogP contribution in [0.5, 0.6) is 0 Å².